The largest absolute Gasteiger partial charge is 0.330 e. The Kier molecular flexibility index (Phi) is 5.29. The van der Waals surface area contributed by atoms with Crippen LogP contribution in [0.4, 0.5) is 0 Å². The molecule has 0 saturated heterocycles. The topological polar surface area (TPSA) is 74.6 Å². The summed E-state index contributed by atoms with van der Waals surface area (Å²) in [6, 6.07) is 2.15. The zero-order valence-corrected chi connectivity index (χ0v) is 12.4. The summed E-state index contributed by atoms with van der Waals surface area (Å²) in [5.74, 6) is 0. The first-order chi connectivity index (χ1) is 9.76. The lowest BCUT2D eigenvalue weighted by molar-refractivity contribution is 0.563. The van der Waals surface area contributed by atoms with Crippen LogP contribution in [0.1, 0.15) is 43.8 Å². The summed E-state index contributed by atoms with van der Waals surface area (Å²) < 4.78 is 3.93. The van der Waals surface area contributed by atoms with Crippen molar-refractivity contribution in [3.8, 4) is 0 Å². The molecular weight excluding hydrogens is 252 g/mol. The molecule has 0 aromatic carbocycles. The van der Waals surface area contributed by atoms with Crippen molar-refractivity contribution in [1.82, 2.24) is 24.8 Å². The third-order valence-electron chi connectivity index (χ3n) is 3.37. The minimum atomic E-state index is 0.727. The zero-order chi connectivity index (χ0) is 14.4. The SMILES string of the molecule is CCc1cc(Cn2cc(CCCCN)nn2)n(CC)n1. The van der Waals surface area contributed by atoms with E-state index >= 15 is 0 Å². The lowest BCUT2D eigenvalue weighted by Gasteiger charge is -2.03. The van der Waals surface area contributed by atoms with Crippen molar-refractivity contribution in [2.45, 2.75) is 52.6 Å². The summed E-state index contributed by atoms with van der Waals surface area (Å²) in [5.41, 5.74) is 8.85. The van der Waals surface area contributed by atoms with E-state index in [1.165, 1.54) is 5.69 Å². The van der Waals surface area contributed by atoms with Crippen molar-refractivity contribution < 1.29 is 0 Å². The predicted octanol–water partition coefficient (Wildman–Crippen LogP) is 1.39. The second-order valence-corrected chi connectivity index (χ2v) is 4.95. The first-order valence-corrected chi connectivity index (χ1v) is 7.41. The lowest BCUT2D eigenvalue weighted by atomic mass is 10.2. The molecule has 0 bridgehead atoms. The Labute approximate surface area is 120 Å². The van der Waals surface area contributed by atoms with Crippen LogP contribution in [-0.4, -0.2) is 31.3 Å². The number of rotatable bonds is 8. The van der Waals surface area contributed by atoms with Gasteiger partial charge in [-0.1, -0.05) is 12.1 Å². The van der Waals surface area contributed by atoms with Crippen LogP contribution >= 0.6 is 0 Å². The van der Waals surface area contributed by atoms with E-state index in [2.05, 4.69) is 35.3 Å². The average molecular weight is 276 g/mol. The van der Waals surface area contributed by atoms with Crippen LogP contribution in [-0.2, 0) is 25.9 Å². The van der Waals surface area contributed by atoms with E-state index in [1.54, 1.807) is 0 Å². The molecule has 0 unspecified atom stereocenters. The van der Waals surface area contributed by atoms with Crippen LogP contribution < -0.4 is 5.73 Å². The van der Waals surface area contributed by atoms with Crippen LogP contribution in [0.2, 0.25) is 0 Å². The third-order valence-corrected chi connectivity index (χ3v) is 3.37. The maximum absolute atomic E-state index is 5.50. The Balaban J connectivity index is 2.00. The van der Waals surface area contributed by atoms with Gasteiger partial charge < -0.3 is 5.73 Å². The van der Waals surface area contributed by atoms with E-state index in [1.807, 2.05) is 15.6 Å². The molecule has 110 valence electrons. The van der Waals surface area contributed by atoms with Crippen molar-refractivity contribution in [1.29, 1.82) is 0 Å². The summed E-state index contributed by atoms with van der Waals surface area (Å²) in [6.07, 6.45) is 6.04. The summed E-state index contributed by atoms with van der Waals surface area (Å²) in [5, 5.41) is 13.0. The fourth-order valence-corrected chi connectivity index (χ4v) is 2.24. The van der Waals surface area contributed by atoms with Gasteiger partial charge >= 0.3 is 0 Å². The quantitative estimate of drug-likeness (QED) is 0.739. The molecule has 2 aromatic heterocycles. The number of unbranched alkanes of at least 4 members (excludes halogenated alkanes) is 1. The molecule has 0 amide bonds. The van der Waals surface area contributed by atoms with Gasteiger partial charge in [-0.15, -0.1) is 5.10 Å². The van der Waals surface area contributed by atoms with Crippen LogP contribution in [0, 0.1) is 0 Å². The van der Waals surface area contributed by atoms with Gasteiger partial charge in [0.1, 0.15) is 0 Å². The van der Waals surface area contributed by atoms with Gasteiger partial charge in [0.05, 0.1) is 23.6 Å². The smallest absolute Gasteiger partial charge is 0.0846 e. The standard InChI is InChI=1S/C14H24N6/c1-3-12-9-14(20(4-2)17-12)11-19-10-13(16-18-19)7-5-6-8-15/h9-10H,3-8,11,15H2,1-2H3. The molecule has 0 aliphatic heterocycles. The monoisotopic (exact) mass is 276 g/mol. The van der Waals surface area contributed by atoms with Gasteiger partial charge in [-0.3, -0.25) is 4.68 Å². The first-order valence-electron chi connectivity index (χ1n) is 7.41. The molecule has 0 aliphatic rings. The summed E-state index contributed by atoms with van der Waals surface area (Å²) in [7, 11) is 0. The van der Waals surface area contributed by atoms with Crippen LogP contribution in [0.25, 0.3) is 0 Å². The first kappa shape index (κ1) is 14.7. The highest BCUT2D eigenvalue weighted by molar-refractivity contribution is 5.11. The number of aromatic nitrogens is 5. The molecule has 0 radical (unpaired) electrons. The molecule has 20 heavy (non-hydrogen) atoms. The van der Waals surface area contributed by atoms with Gasteiger partial charge in [-0.05, 0) is 45.2 Å². The highest BCUT2D eigenvalue weighted by Crippen LogP contribution is 2.08. The fourth-order valence-electron chi connectivity index (χ4n) is 2.24. The third kappa shape index (κ3) is 3.66. The number of aryl methyl sites for hydroxylation is 3. The minimum absolute atomic E-state index is 0.727. The maximum Gasteiger partial charge on any atom is 0.0846 e. The lowest BCUT2D eigenvalue weighted by Crippen LogP contribution is -2.08. The zero-order valence-electron chi connectivity index (χ0n) is 12.4. The Morgan fingerprint density at radius 3 is 2.75 bits per heavy atom. The number of nitrogens with two attached hydrogens (primary N) is 1. The van der Waals surface area contributed by atoms with E-state index in [0.717, 1.165) is 56.7 Å². The van der Waals surface area contributed by atoms with Gasteiger partial charge in [0, 0.05) is 12.7 Å². The number of nitrogens with zero attached hydrogens (tertiary/aromatic N) is 5. The Bertz CT molecular complexity index is 528. The highest BCUT2D eigenvalue weighted by Gasteiger charge is 2.08. The molecule has 0 spiro atoms. The van der Waals surface area contributed by atoms with Gasteiger partial charge in [-0.2, -0.15) is 5.10 Å². The Hall–Kier alpha value is -1.69. The second-order valence-electron chi connectivity index (χ2n) is 4.95. The van der Waals surface area contributed by atoms with E-state index in [4.69, 9.17) is 5.73 Å². The van der Waals surface area contributed by atoms with Crippen LogP contribution in [0.5, 0.6) is 0 Å². The van der Waals surface area contributed by atoms with E-state index < -0.39 is 0 Å². The number of hydrogen-bond acceptors (Lipinski definition) is 4. The summed E-state index contributed by atoms with van der Waals surface area (Å²) in [6.45, 7) is 6.58. The van der Waals surface area contributed by atoms with Crippen LogP contribution in [0.3, 0.4) is 0 Å². The molecule has 2 rings (SSSR count). The molecule has 6 nitrogen and oxygen atoms in total. The number of hydrogen-bond donors (Lipinski definition) is 1. The van der Waals surface area contributed by atoms with Gasteiger partial charge in [0.15, 0.2) is 0 Å². The van der Waals surface area contributed by atoms with E-state index in [-0.39, 0.29) is 0 Å². The van der Waals surface area contributed by atoms with Crippen molar-refractivity contribution in [3.63, 3.8) is 0 Å². The van der Waals surface area contributed by atoms with E-state index in [9.17, 15) is 0 Å². The average Bonchev–Trinajstić information content (AvgIpc) is 3.06. The molecule has 6 heteroatoms. The van der Waals surface area contributed by atoms with Gasteiger partial charge in [-0.25, -0.2) is 4.68 Å². The molecule has 2 aromatic rings. The Morgan fingerprint density at radius 1 is 1.20 bits per heavy atom. The van der Waals surface area contributed by atoms with Crippen LogP contribution in [0.15, 0.2) is 12.3 Å². The molecule has 0 fully saturated rings. The maximum atomic E-state index is 5.50. The highest BCUT2D eigenvalue weighted by atomic mass is 15.4. The second kappa shape index (κ2) is 7.19. The van der Waals surface area contributed by atoms with Crippen molar-refractivity contribution in [2.75, 3.05) is 6.54 Å². The molecule has 2 N–H and O–H groups in total. The minimum Gasteiger partial charge on any atom is -0.330 e. The summed E-state index contributed by atoms with van der Waals surface area (Å²) in [4.78, 5) is 0. The normalized spacial score (nSPS) is 11.2. The van der Waals surface area contributed by atoms with Crippen molar-refractivity contribution in [3.05, 3.63) is 29.3 Å². The summed E-state index contributed by atoms with van der Waals surface area (Å²) >= 11 is 0. The fraction of sp³-hybridized carbons (Fsp3) is 0.643. The molecule has 0 saturated carbocycles. The molecular formula is C14H24N6. The van der Waals surface area contributed by atoms with Gasteiger partial charge in [0.25, 0.3) is 0 Å². The molecule has 0 atom stereocenters. The van der Waals surface area contributed by atoms with Crippen molar-refractivity contribution >= 4 is 0 Å². The molecule has 2 heterocycles. The predicted molar refractivity (Wildman–Crippen MR) is 78.4 cm³/mol. The van der Waals surface area contributed by atoms with E-state index in [0.29, 0.717) is 0 Å². The van der Waals surface area contributed by atoms with Crippen molar-refractivity contribution in [2.24, 2.45) is 5.73 Å². The Morgan fingerprint density at radius 2 is 2.05 bits per heavy atom. The van der Waals surface area contributed by atoms with Gasteiger partial charge in [0.2, 0.25) is 0 Å². The molecule has 0 aliphatic carbocycles.